The monoisotopic (exact) mass is 466 g/mol. The summed E-state index contributed by atoms with van der Waals surface area (Å²) in [6.07, 6.45) is 10.1. The standard InChI is InChI=1S/C32H38N2O/c1-7-31(4,5)21-9-10-22-23-14-19-8-11-25-24-15-20(17-33)30(18(2)3)35-27(24)12-13-32(25,6)28(19)29(23)34-26(22)16-21/h7,9-10,15-16,19-20,25,27-28,30,34H,1-2,8,11-14H2,3-6H3. The third-order valence-corrected chi connectivity index (χ3v) is 10.1. The van der Waals surface area contributed by atoms with Gasteiger partial charge in [-0.25, -0.2) is 0 Å². The van der Waals surface area contributed by atoms with Gasteiger partial charge in [0.25, 0.3) is 0 Å². The summed E-state index contributed by atoms with van der Waals surface area (Å²) in [5.74, 6) is 1.51. The van der Waals surface area contributed by atoms with E-state index in [1.165, 1.54) is 53.4 Å². The number of ether oxygens (including phenoxy) is 1. The van der Waals surface area contributed by atoms with E-state index >= 15 is 0 Å². The lowest BCUT2D eigenvalue weighted by molar-refractivity contribution is -0.0598. The number of allylic oxidation sites excluding steroid dienone is 1. The van der Waals surface area contributed by atoms with Crippen molar-refractivity contribution >= 4 is 10.9 Å². The molecule has 2 aromatic rings. The first-order valence-electron chi connectivity index (χ1n) is 13.4. The van der Waals surface area contributed by atoms with Crippen LogP contribution in [0.2, 0.25) is 0 Å². The molecule has 7 unspecified atom stereocenters. The Morgan fingerprint density at radius 1 is 1.29 bits per heavy atom. The topological polar surface area (TPSA) is 48.8 Å². The molecule has 35 heavy (non-hydrogen) atoms. The largest absolute Gasteiger partial charge is 0.365 e. The fraction of sp³-hybridized carbons (Fsp3) is 0.531. The lowest BCUT2D eigenvalue weighted by atomic mass is 9.51. The number of H-pyrrole nitrogens is 1. The molecule has 4 aliphatic rings. The van der Waals surface area contributed by atoms with Crippen molar-refractivity contribution in [3.8, 4) is 6.07 Å². The average Bonchev–Trinajstić information content (AvgIpc) is 3.38. The molecule has 0 spiro atoms. The minimum atomic E-state index is -0.224. The Morgan fingerprint density at radius 3 is 2.80 bits per heavy atom. The van der Waals surface area contributed by atoms with Crippen LogP contribution in [0, 0.1) is 34.5 Å². The van der Waals surface area contributed by atoms with E-state index in [1.807, 2.05) is 13.0 Å². The maximum absolute atomic E-state index is 9.89. The Bertz CT molecular complexity index is 1300. The van der Waals surface area contributed by atoms with E-state index in [-0.39, 0.29) is 29.0 Å². The lowest BCUT2D eigenvalue weighted by Crippen LogP contribution is -2.50. The number of nitrogens with zero attached hydrogens (tertiary/aromatic N) is 1. The van der Waals surface area contributed by atoms with Gasteiger partial charge in [-0.1, -0.05) is 57.2 Å². The van der Waals surface area contributed by atoms with Gasteiger partial charge in [-0.2, -0.15) is 5.26 Å². The zero-order valence-corrected chi connectivity index (χ0v) is 21.7. The Morgan fingerprint density at radius 2 is 2.09 bits per heavy atom. The number of rotatable bonds is 3. The summed E-state index contributed by atoms with van der Waals surface area (Å²) in [6, 6.07) is 9.48. The molecular weight excluding hydrogens is 428 g/mol. The number of hydrogen-bond donors (Lipinski definition) is 1. The van der Waals surface area contributed by atoms with Gasteiger partial charge in [0, 0.05) is 27.9 Å². The highest BCUT2D eigenvalue weighted by Crippen LogP contribution is 2.65. The first-order valence-corrected chi connectivity index (χ1v) is 13.4. The number of nitriles is 1. The van der Waals surface area contributed by atoms with E-state index in [4.69, 9.17) is 4.74 Å². The fourth-order valence-electron chi connectivity index (χ4n) is 8.12. The number of fused-ring (bicyclic) bond motifs is 9. The fourth-order valence-corrected chi connectivity index (χ4v) is 8.12. The predicted molar refractivity (Wildman–Crippen MR) is 142 cm³/mol. The molecule has 3 aliphatic carbocycles. The van der Waals surface area contributed by atoms with Crippen molar-refractivity contribution in [2.75, 3.05) is 0 Å². The third-order valence-electron chi connectivity index (χ3n) is 10.1. The Kier molecular flexibility index (Phi) is 5.04. The van der Waals surface area contributed by atoms with Crippen molar-refractivity contribution in [3.63, 3.8) is 0 Å². The van der Waals surface area contributed by atoms with E-state index in [1.54, 1.807) is 5.56 Å². The number of benzene rings is 1. The van der Waals surface area contributed by atoms with Crippen LogP contribution in [0.3, 0.4) is 0 Å². The Labute approximate surface area is 209 Å². The van der Waals surface area contributed by atoms with Gasteiger partial charge < -0.3 is 9.72 Å². The molecule has 1 aromatic carbocycles. The van der Waals surface area contributed by atoms with Gasteiger partial charge in [-0.05, 0) is 79.0 Å². The Balaban J connectivity index is 1.41. The highest BCUT2D eigenvalue weighted by molar-refractivity contribution is 5.86. The maximum atomic E-state index is 9.89. The number of aromatic nitrogens is 1. The lowest BCUT2D eigenvalue weighted by Gasteiger charge is -2.56. The molecule has 2 saturated carbocycles. The van der Waals surface area contributed by atoms with Gasteiger partial charge in [0.2, 0.25) is 0 Å². The van der Waals surface area contributed by atoms with Crippen LogP contribution in [0.5, 0.6) is 0 Å². The van der Waals surface area contributed by atoms with Crippen LogP contribution in [-0.2, 0) is 16.6 Å². The second-order valence-electron chi connectivity index (χ2n) is 12.5. The zero-order chi connectivity index (χ0) is 24.7. The van der Waals surface area contributed by atoms with Gasteiger partial charge >= 0.3 is 0 Å². The van der Waals surface area contributed by atoms with E-state index in [9.17, 15) is 5.26 Å². The van der Waals surface area contributed by atoms with E-state index < -0.39 is 0 Å². The molecular formula is C32H38N2O. The SMILES string of the molecule is C=CC(C)(C)c1ccc2c3c([nH]c2c1)C1C(CCC2C4=CC(C#N)C(C(=C)C)OC4CCC21C)C3. The minimum absolute atomic E-state index is 0.0427. The van der Waals surface area contributed by atoms with Crippen molar-refractivity contribution in [1.29, 1.82) is 5.26 Å². The number of aromatic amines is 1. The average molecular weight is 467 g/mol. The van der Waals surface area contributed by atoms with Gasteiger partial charge in [0.15, 0.2) is 0 Å². The summed E-state index contributed by atoms with van der Waals surface area (Å²) in [4.78, 5) is 3.94. The number of hydrogen-bond acceptors (Lipinski definition) is 2. The number of nitrogens with one attached hydrogen (secondary N) is 1. The highest BCUT2D eigenvalue weighted by Gasteiger charge is 2.57. The molecule has 2 fully saturated rings. The predicted octanol–water partition coefficient (Wildman–Crippen LogP) is 7.51. The highest BCUT2D eigenvalue weighted by atomic mass is 16.5. The van der Waals surface area contributed by atoms with Crippen LogP contribution in [0.25, 0.3) is 10.9 Å². The van der Waals surface area contributed by atoms with Crippen molar-refractivity contribution in [2.45, 2.75) is 83.3 Å². The molecule has 0 saturated heterocycles. The summed E-state index contributed by atoms with van der Waals surface area (Å²) in [6.45, 7) is 17.1. The molecule has 2 heterocycles. The molecule has 182 valence electrons. The van der Waals surface area contributed by atoms with Gasteiger partial charge in [0.05, 0.1) is 24.2 Å². The molecule has 0 amide bonds. The van der Waals surface area contributed by atoms with Crippen molar-refractivity contribution in [2.24, 2.45) is 23.2 Å². The van der Waals surface area contributed by atoms with Crippen LogP contribution in [0.1, 0.15) is 76.1 Å². The third kappa shape index (κ3) is 3.19. The summed E-state index contributed by atoms with van der Waals surface area (Å²) in [7, 11) is 0. The molecule has 1 aromatic heterocycles. The van der Waals surface area contributed by atoms with Crippen LogP contribution in [0.15, 0.2) is 54.7 Å². The first kappa shape index (κ1) is 22.9. The quantitative estimate of drug-likeness (QED) is 0.476. The van der Waals surface area contributed by atoms with Crippen molar-refractivity contribution in [1.82, 2.24) is 4.98 Å². The molecule has 1 aliphatic heterocycles. The van der Waals surface area contributed by atoms with E-state index in [0.29, 0.717) is 17.8 Å². The normalized spacial score (nSPS) is 35.8. The smallest absolute Gasteiger partial charge is 0.0981 e. The van der Waals surface area contributed by atoms with Gasteiger partial charge in [0.1, 0.15) is 0 Å². The summed E-state index contributed by atoms with van der Waals surface area (Å²) < 4.78 is 6.53. The first-order chi connectivity index (χ1) is 16.7. The van der Waals surface area contributed by atoms with Crippen LogP contribution in [-0.4, -0.2) is 17.2 Å². The maximum Gasteiger partial charge on any atom is 0.0981 e. The van der Waals surface area contributed by atoms with Gasteiger partial charge in [-0.15, -0.1) is 6.58 Å². The Hall–Kier alpha value is -2.57. The molecule has 3 heteroatoms. The molecule has 7 atom stereocenters. The van der Waals surface area contributed by atoms with E-state index in [2.05, 4.69) is 69.3 Å². The van der Waals surface area contributed by atoms with Crippen molar-refractivity contribution in [3.05, 3.63) is 71.5 Å². The van der Waals surface area contributed by atoms with Crippen LogP contribution < -0.4 is 0 Å². The zero-order valence-electron chi connectivity index (χ0n) is 21.7. The molecule has 6 rings (SSSR count). The molecule has 0 bridgehead atoms. The van der Waals surface area contributed by atoms with Crippen LogP contribution >= 0.6 is 0 Å². The second-order valence-corrected chi connectivity index (χ2v) is 12.5. The molecule has 1 N–H and O–H groups in total. The summed E-state index contributed by atoms with van der Waals surface area (Å²) in [5.41, 5.74) is 8.13. The summed E-state index contributed by atoms with van der Waals surface area (Å²) >= 11 is 0. The second kappa shape index (κ2) is 7.71. The van der Waals surface area contributed by atoms with Gasteiger partial charge in [-0.3, -0.25) is 0 Å². The van der Waals surface area contributed by atoms with Crippen molar-refractivity contribution < 1.29 is 4.74 Å². The van der Waals surface area contributed by atoms with E-state index in [0.717, 1.165) is 12.0 Å². The summed E-state index contributed by atoms with van der Waals surface area (Å²) in [5, 5.41) is 11.3. The minimum Gasteiger partial charge on any atom is -0.365 e. The molecule has 3 nitrogen and oxygen atoms in total. The van der Waals surface area contributed by atoms with Crippen LogP contribution in [0.4, 0.5) is 0 Å². The molecule has 0 radical (unpaired) electrons.